The Morgan fingerprint density at radius 1 is 0.188 bits per heavy atom. The SMILES string of the molecule is c1ccc([Si](c2ccccc2)(c2ccccc2)c2ccc3cc([Si](c4ccccc4)(c4ccccc4)c4ccccc4)ccc3c2)cc1. The van der Waals surface area contributed by atoms with Gasteiger partial charge in [0.15, 0.2) is 16.1 Å². The molecule has 0 saturated heterocycles. The van der Waals surface area contributed by atoms with Gasteiger partial charge in [-0.1, -0.05) is 218 Å². The van der Waals surface area contributed by atoms with Gasteiger partial charge >= 0.3 is 0 Å². The summed E-state index contributed by atoms with van der Waals surface area (Å²) < 4.78 is 0. The van der Waals surface area contributed by atoms with Crippen molar-refractivity contribution >= 4 is 68.4 Å². The van der Waals surface area contributed by atoms with E-state index in [0.29, 0.717) is 0 Å². The molecule has 0 aromatic heterocycles. The van der Waals surface area contributed by atoms with Gasteiger partial charge < -0.3 is 0 Å². The van der Waals surface area contributed by atoms with E-state index in [9.17, 15) is 0 Å². The van der Waals surface area contributed by atoms with E-state index in [0.717, 1.165) is 0 Å². The van der Waals surface area contributed by atoms with Crippen LogP contribution in [0.4, 0.5) is 0 Å². The van der Waals surface area contributed by atoms with Gasteiger partial charge in [0.05, 0.1) is 0 Å². The van der Waals surface area contributed by atoms with Gasteiger partial charge in [-0.2, -0.15) is 0 Å². The van der Waals surface area contributed by atoms with Crippen LogP contribution in [-0.2, 0) is 0 Å². The van der Waals surface area contributed by atoms with Crippen LogP contribution in [-0.4, -0.2) is 16.1 Å². The highest BCUT2D eigenvalue weighted by Crippen LogP contribution is 2.18. The van der Waals surface area contributed by atoms with Gasteiger partial charge in [-0.05, 0) is 52.3 Å². The van der Waals surface area contributed by atoms with Crippen LogP contribution in [0.1, 0.15) is 0 Å². The summed E-state index contributed by atoms with van der Waals surface area (Å²) in [6.07, 6.45) is 0. The van der Waals surface area contributed by atoms with Crippen molar-refractivity contribution in [2.45, 2.75) is 0 Å². The first-order valence-electron chi connectivity index (χ1n) is 16.7. The normalized spacial score (nSPS) is 11.8. The molecule has 0 fully saturated rings. The zero-order valence-electron chi connectivity index (χ0n) is 26.8. The lowest BCUT2D eigenvalue weighted by atomic mass is 10.1. The van der Waals surface area contributed by atoms with Crippen LogP contribution in [0.25, 0.3) is 10.8 Å². The fourth-order valence-electron chi connectivity index (χ4n) is 7.84. The lowest BCUT2D eigenvalue weighted by molar-refractivity contribution is 1.67. The maximum absolute atomic E-state index is 2.62. The smallest absolute Gasteiger partial charge is 0.0623 e. The van der Waals surface area contributed by atoms with Gasteiger partial charge in [0.25, 0.3) is 0 Å². The lowest BCUT2D eigenvalue weighted by Crippen LogP contribution is -2.75. The predicted octanol–water partition coefficient (Wildman–Crippen LogP) is 5.59. The standard InChI is InChI=1S/C46H36Si2/c1-7-19-39(20-8-1)47(40-21-9-2-10-22-40,41-23-11-3-12-24-41)45-33-31-38-36-46(34-32-37(38)35-45)48(42-25-13-4-14-26-42,43-27-15-5-16-28-43)44-29-17-6-18-30-44/h1-36H. The van der Waals surface area contributed by atoms with Crippen LogP contribution >= 0.6 is 0 Å². The Bertz CT molecular complexity index is 1890. The fourth-order valence-corrected chi connectivity index (χ4v) is 17.4. The highest BCUT2D eigenvalue weighted by molar-refractivity contribution is 7.20. The molecule has 0 amide bonds. The molecule has 0 atom stereocenters. The molecule has 2 heteroatoms. The molecule has 0 spiro atoms. The molecule has 8 rings (SSSR count). The van der Waals surface area contributed by atoms with E-state index in [2.05, 4.69) is 218 Å². The highest BCUT2D eigenvalue weighted by atomic mass is 28.3. The van der Waals surface area contributed by atoms with Crippen molar-refractivity contribution in [3.05, 3.63) is 218 Å². The number of benzene rings is 8. The third-order valence-corrected chi connectivity index (χ3v) is 19.5. The van der Waals surface area contributed by atoms with E-state index in [1.54, 1.807) is 0 Å². The molecule has 48 heavy (non-hydrogen) atoms. The van der Waals surface area contributed by atoms with E-state index in [4.69, 9.17) is 0 Å². The molecule has 0 heterocycles. The van der Waals surface area contributed by atoms with Crippen molar-refractivity contribution < 1.29 is 0 Å². The number of rotatable bonds is 8. The van der Waals surface area contributed by atoms with E-state index >= 15 is 0 Å². The summed E-state index contributed by atoms with van der Waals surface area (Å²) in [6, 6.07) is 81.6. The second-order valence-corrected chi connectivity index (χ2v) is 20.1. The zero-order valence-corrected chi connectivity index (χ0v) is 28.8. The predicted molar refractivity (Wildman–Crippen MR) is 211 cm³/mol. The quantitative estimate of drug-likeness (QED) is 0.149. The summed E-state index contributed by atoms with van der Waals surface area (Å²) in [5, 5.41) is 13.7. The van der Waals surface area contributed by atoms with Gasteiger partial charge in [-0.15, -0.1) is 0 Å². The van der Waals surface area contributed by atoms with Crippen molar-refractivity contribution in [1.82, 2.24) is 0 Å². The van der Waals surface area contributed by atoms with Crippen LogP contribution in [0, 0.1) is 0 Å². The summed E-state index contributed by atoms with van der Waals surface area (Å²) in [5.41, 5.74) is 0. The zero-order chi connectivity index (χ0) is 32.2. The molecule has 0 saturated carbocycles. The van der Waals surface area contributed by atoms with Crippen LogP contribution in [0.3, 0.4) is 0 Å². The second-order valence-electron chi connectivity index (χ2n) is 12.5. The van der Waals surface area contributed by atoms with E-state index in [-0.39, 0.29) is 0 Å². The summed E-state index contributed by atoms with van der Waals surface area (Å²) >= 11 is 0. The molecular weight excluding hydrogens is 609 g/mol. The molecule has 0 aliphatic carbocycles. The first-order valence-corrected chi connectivity index (χ1v) is 20.7. The summed E-state index contributed by atoms with van der Waals surface area (Å²) in [4.78, 5) is 0. The fraction of sp³-hybridized carbons (Fsp3) is 0. The van der Waals surface area contributed by atoms with Crippen molar-refractivity contribution in [3.8, 4) is 0 Å². The molecule has 8 aromatic rings. The van der Waals surface area contributed by atoms with Gasteiger partial charge in [0, 0.05) is 0 Å². The van der Waals surface area contributed by atoms with Gasteiger partial charge in [-0.25, -0.2) is 0 Å². The Morgan fingerprint density at radius 3 is 0.604 bits per heavy atom. The maximum Gasteiger partial charge on any atom is 0.179 e. The summed E-state index contributed by atoms with van der Waals surface area (Å²) in [7, 11) is -5.23. The monoisotopic (exact) mass is 644 g/mol. The van der Waals surface area contributed by atoms with Gasteiger partial charge in [0.2, 0.25) is 0 Å². The Kier molecular flexibility index (Phi) is 8.03. The van der Waals surface area contributed by atoms with E-state index < -0.39 is 16.1 Å². The first-order chi connectivity index (χ1) is 23.8. The maximum atomic E-state index is 2.48. The highest BCUT2D eigenvalue weighted by Gasteiger charge is 2.43. The Morgan fingerprint density at radius 2 is 0.396 bits per heavy atom. The average Bonchev–Trinajstić information content (AvgIpc) is 3.18. The summed E-state index contributed by atoms with van der Waals surface area (Å²) in [5.74, 6) is 0. The molecule has 0 nitrogen and oxygen atoms in total. The minimum atomic E-state index is -2.62. The number of hydrogen-bond donors (Lipinski definition) is 0. The molecule has 8 aromatic carbocycles. The molecule has 0 unspecified atom stereocenters. The van der Waals surface area contributed by atoms with E-state index in [1.807, 2.05) is 0 Å². The van der Waals surface area contributed by atoms with Crippen molar-refractivity contribution in [2.24, 2.45) is 0 Å². The van der Waals surface area contributed by atoms with Crippen LogP contribution in [0.2, 0.25) is 0 Å². The molecular formula is C46H36Si2. The Labute approximate surface area is 285 Å². The minimum Gasteiger partial charge on any atom is -0.0623 e. The molecule has 0 aliphatic rings. The van der Waals surface area contributed by atoms with Crippen LogP contribution < -0.4 is 41.5 Å². The molecule has 0 N–H and O–H groups in total. The Balaban J connectivity index is 1.39. The minimum absolute atomic E-state index is 1.27. The first kappa shape index (κ1) is 29.8. The third-order valence-electron chi connectivity index (χ3n) is 9.95. The molecule has 0 radical (unpaired) electrons. The number of hydrogen-bond acceptors (Lipinski definition) is 0. The lowest BCUT2D eigenvalue weighted by Gasteiger charge is -2.35. The summed E-state index contributed by atoms with van der Waals surface area (Å²) in [6.45, 7) is 0. The number of fused-ring (bicyclic) bond motifs is 1. The van der Waals surface area contributed by atoms with Crippen LogP contribution in [0.15, 0.2) is 218 Å². The van der Waals surface area contributed by atoms with Gasteiger partial charge in [0.1, 0.15) is 0 Å². The second kappa shape index (κ2) is 12.9. The largest absolute Gasteiger partial charge is 0.179 e. The van der Waals surface area contributed by atoms with Crippen molar-refractivity contribution in [1.29, 1.82) is 0 Å². The Hall–Kier alpha value is -5.55. The van der Waals surface area contributed by atoms with Crippen LogP contribution in [0.5, 0.6) is 0 Å². The molecule has 0 aliphatic heterocycles. The third kappa shape index (κ3) is 4.98. The topological polar surface area (TPSA) is 0 Å². The molecule has 0 bridgehead atoms. The van der Waals surface area contributed by atoms with Crippen molar-refractivity contribution in [3.63, 3.8) is 0 Å². The van der Waals surface area contributed by atoms with Crippen molar-refractivity contribution in [2.75, 3.05) is 0 Å². The average molecular weight is 645 g/mol. The molecule has 228 valence electrons. The van der Waals surface area contributed by atoms with E-state index in [1.165, 1.54) is 52.3 Å². The van der Waals surface area contributed by atoms with Gasteiger partial charge in [-0.3, -0.25) is 0 Å².